The third kappa shape index (κ3) is 9.63. The predicted molar refractivity (Wildman–Crippen MR) is 103 cm³/mol. The normalized spacial score (nSPS) is 10.8. The summed E-state index contributed by atoms with van der Waals surface area (Å²) in [6, 6.07) is 5.93. The van der Waals surface area contributed by atoms with E-state index in [4.69, 9.17) is 14.2 Å². The highest BCUT2D eigenvalue weighted by Gasteiger charge is 2.07. The molecule has 0 aliphatic heterocycles. The van der Waals surface area contributed by atoms with E-state index in [2.05, 4.69) is 5.32 Å². The number of nitrogens with one attached hydrogen (secondary N) is 1. The van der Waals surface area contributed by atoms with Gasteiger partial charge in [0.15, 0.2) is 18.0 Å². The number of nitrogens with two attached hydrogens (primary N) is 1. The average Bonchev–Trinajstić information content (AvgIpc) is 2.60. The summed E-state index contributed by atoms with van der Waals surface area (Å²) in [5.74, 6) is 1.58. The van der Waals surface area contributed by atoms with Gasteiger partial charge in [-0.2, -0.15) is 0 Å². The van der Waals surface area contributed by atoms with Gasteiger partial charge in [0.25, 0.3) is 5.91 Å². The van der Waals surface area contributed by atoms with Crippen molar-refractivity contribution in [1.82, 2.24) is 5.32 Å². The van der Waals surface area contributed by atoms with Crippen molar-refractivity contribution >= 4 is 5.91 Å². The minimum atomic E-state index is 0.0609. The van der Waals surface area contributed by atoms with Crippen molar-refractivity contribution in [3.8, 4) is 11.5 Å². The molecule has 6 nitrogen and oxygen atoms in total. The first-order valence-corrected chi connectivity index (χ1v) is 9.65. The maximum absolute atomic E-state index is 11.9. The number of hydrogen-bond acceptors (Lipinski definition) is 4. The van der Waals surface area contributed by atoms with Gasteiger partial charge in [-0.25, -0.2) is 0 Å². The maximum Gasteiger partial charge on any atom is 0.275 e. The lowest BCUT2D eigenvalue weighted by molar-refractivity contribution is -0.644. The van der Waals surface area contributed by atoms with Gasteiger partial charge in [0.05, 0.1) is 32.5 Å². The number of rotatable bonds is 14. The van der Waals surface area contributed by atoms with Crippen LogP contribution in [0, 0.1) is 0 Å². The highest BCUT2D eigenvalue weighted by molar-refractivity contribution is 5.76. The van der Waals surface area contributed by atoms with Crippen molar-refractivity contribution in [3.63, 3.8) is 0 Å². The molecule has 0 bridgehead atoms. The van der Waals surface area contributed by atoms with Crippen LogP contribution >= 0.6 is 0 Å². The first-order valence-electron chi connectivity index (χ1n) is 9.65. The van der Waals surface area contributed by atoms with Crippen molar-refractivity contribution in [2.45, 2.75) is 46.6 Å². The van der Waals surface area contributed by atoms with Gasteiger partial charge in [0.1, 0.15) is 0 Å². The molecule has 0 aliphatic carbocycles. The summed E-state index contributed by atoms with van der Waals surface area (Å²) < 4.78 is 16.7. The zero-order chi connectivity index (χ0) is 19.2. The highest BCUT2D eigenvalue weighted by atomic mass is 16.5. The molecule has 1 rings (SSSR count). The lowest BCUT2D eigenvalue weighted by Crippen LogP contribution is -2.86. The van der Waals surface area contributed by atoms with Crippen LogP contribution in [0.5, 0.6) is 11.5 Å². The maximum atomic E-state index is 11.9. The Kier molecular flexibility index (Phi) is 11.5. The Morgan fingerprint density at radius 3 is 2.58 bits per heavy atom. The smallest absolute Gasteiger partial charge is 0.275 e. The largest absolute Gasteiger partial charge is 0.490 e. The van der Waals surface area contributed by atoms with Gasteiger partial charge in [0.2, 0.25) is 0 Å². The summed E-state index contributed by atoms with van der Waals surface area (Å²) in [7, 11) is 0. The Morgan fingerprint density at radius 1 is 1.15 bits per heavy atom. The molecule has 0 spiro atoms. The predicted octanol–water partition coefficient (Wildman–Crippen LogP) is 1.52. The van der Waals surface area contributed by atoms with Crippen LogP contribution in [0.1, 0.15) is 39.7 Å². The van der Waals surface area contributed by atoms with Crippen LogP contribution in [-0.4, -0.2) is 51.5 Å². The van der Waals surface area contributed by atoms with Crippen LogP contribution in [0.25, 0.3) is 0 Å². The van der Waals surface area contributed by atoms with Gasteiger partial charge in [-0.15, -0.1) is 0 Å². The standard InChI is InChI=1S/C20H34N2O4/c1-5-24-18-9-8-17(14-19(18)25-6-2)10-12-22-20(23)15-21-11-7-13-26-16(3)4/h8-9,14,16,21H,5-7,10-13,15H2,1-4H3,(H,22,23)/p+1. The van der Waals surface area contributed by atoms with Crippen molar-refractivity contribution in [2.75, 3.05) is 39.5 Å². The molecule has 0 saturated carbocycles. The van der Waals surface area contributed by atoms with Crippen molar-refractivity contribution in [3.05, 3.63) is 23.8 Å². The quantitative estimate of drug-likeness (QED) is 0.489. The van der Waals surface area contributed by atoms with E-state index >= 15 is 0 Å². The van der Waals surface area contributed by atoms with Crippen LogP contribution in [0.4, 0.5) is 0 Å². The Hall–Kier alpha value is -1.79. The van der Waals surface area contributed by atoms with Gasteiger partial charge in [-0.05, 0) is 51.8 Å². The van der Waals surface area contributed by atoms with Crippen molar-refractivity contribution in [1.29, 1.82) is 0 Å². The topological polar surface area (TPSA) is 73.4 Å². The van der Waals surface area contributed by atoms with E-state index in [1.165, 1.54) is 0 Å². The molecule has 0 heterocycles. The molecule has 0 aromatic heterocycles. The number of ether oxygens (including phenoxy) is 3. The van der Waals surface area contributed by atoms with E-state index in [9.17, 15) is 4.79 Å². The molecule has 6 heteroatoms. The summed E-state index contributed by atoms with van der Waals surface area (Å²) >= 11 is 0. The fraction of sp³-hybridized carbons (Fsp3) is 0.650. The number of carbonyl (C=O) groups is 1. The van der Waals surface area contributed by atoms with Gasteiger partial charge >= 0.3 is 0 Å². The molecule has 0 radical (unpaired) electrons. The van der Waals surface area contributed by atoms with Crippen LogP contribution in [0.15, 0.2) is 18.2 Å². The van der Waals surface area contributed by atoms with Gasteiger partial charge < -0.3 is 24.8 Å². The van der Waals surface area contributed by atoms with E-state index in [-0.39, 0.29) is 12.0 Å². The number of quaternary nitrogens is 1. The van der Waals surface area contributed by atoms with Gasteiger partial charge in [0, 0.05) is 13.0 Å². The van der Waals surface area contributed by atoms with Gasteiger partial charge in [-0.1, -0.05) is 6.07 Å². The first-order chi connectivity index (χ1) is 12.6. The molecular weight excluding hydrogens is 332 g/mol. The molecule has 1 aromatic carbocycles. The Bertz CT molecular complexity index is 521. The molecule has 0 unspecified atom stereocenters. The molecule has 0 fully saturated rings. The Morgan fingerprint density at radius 2 is 1.88 bits per heavy atom. The highest BCUT2D eigenvalue weighted by Crippen LogP contribution is 2.28. The third-order valence-corrected chi connectivity index (χ3v) is 3.68. The average molecular weight is 368 g/mol. The van der Waals surface area contributed by atoms with Crippen molar-refractivity contribution < 1.29 is 24.3 Å². The Balaban J connectivity index is 2.25. The minimum absolute atomic E-state index is 0.0609. The second-order valence-corrected chi connectivity index (χ2v) is 6.30. The summed E-state index contributed by atoms with van der Waals surface area (Å²) in [5, 5.41) is 4.97. The second-order valence-electron chi connectivity index (χ2n) is 6.30. The van der Waals surface area contributed by atoms with E-state index in [0.29, 0.717) is 26.3 Å². The summed E-state index contributed by atoms with van der Waals surface area (Å²) in [5.41, 5.74) is 1.12. The summed E-state index contributed by atoms with van der Waals surface area (Å²) in [4.78, 5) is 11.9. The number of amides is 1. The van der Waals surface area contributed by atoms with Crippen molar-refractivity contribution in [2.24, 2.45) is 0 Å². The molecule has 0 saturated heterocycles. The zero-order valence-electron chi connectivity index (χ0n) is 16.7. The van der Waals surface area contributed by atoms with Crippen LogP contribution in [0.3, 0.4) is 0 Å². The van der Waals surface area contributed by atoms with Crippen LogP contribution in [-0.2, 0) is 16.0 Å². The van der Waals surface area contributed by atoms with Crippen LogP contribution < -0.4 is 20.1 Å². The molecule has 148 valence electrons. The summed E-state index contributed by atoms with van der Waals surface area (Å²) in [6.45, 7) is 11.9. The molecule has 1 amide bonds. The molecule has 26 heavy (non-hydrogen) atoms. The second kappa shape index (κ2) is 13.4. The molecule has 1 aromatic rings. The SMILES string of the molecule is CCOc1ccc(CCNC(=O)C[NH2+]CCCOC(C)C)cc1OCC. The fourth-order valence-corrected chi connectivity index (χ4v) is 2.45. The lowest BCUT2D eigenvalue weighted by Gasteiger charge is -2.12. The Labute approximate surface area is 157 Å². The van der Waals surface area contributed by atoms with Gasteiger partial charge in [-0.3, -0.25) is 4.79 Å². The van der Waals surface area contributed by atoms with Crippen LogP contribution in [0.2, 0.25) is 0 Å². The monoisotopic (exact) mass is 367 g/mol. The molecule has 0 atom stereocenters. The summed E-state index contributed by atoms with van der Waals surface area (Å²) in [6.07, 6.45) is 1.99. The number of benzene rings is 1. The van der Waals surface area contributed by atoms with E-state index in [1.807, 2.05) is 51.2 Å². The molecule has 0 aliphatic rings. The van der Waals surface area contributed by atoms with E-state index in [0.717, 1.165) is 43.1 Å². The van der Waals surface area contributed by atoms with E-state index in [1.54, 1.807) is 0 Å². The lowest BCUT2D eigenvalue weighted by atomic mass is 10.1. The fourth-order valence-electron chi connectivity index (χ4n) is 2.45. The van der Waals surface area contributed by atoms with E-state index < -0.39 is 0 Å². The minimum Gasteiger partial charge on any atom is -0.490 e. The third-order valence-electron chi connectivity index (χ3n) is 3.68. The first kappa shape index (κ1) is 22.3. The molecule has 3 N–H and O–H groups in total. The molecular formula is C20H35N2O4+. The zero-order valence-corrected chi connectivity index (χ0v) is 16.7. The number of carbonyl (C=O) groups excluding carboxylic acids is 1. The number of hydrogen-bond donors (Lipinski definition) is 2.